The third-order valence-electron chi connectivity index (χ3n) is 7.70. The van der Waals surface area contributed by atoms with E-state index in [9.17, 15) is 14.7 Å². The smallest absolute Gasteiger partial charge is 0.188 e. The molecule has 0 saturated carbocycles. The van der Waals surface area contributed by atoms with Gasteiger partial charge in [0.1, 0.15) is 0 Å². The highest BCUT2D eigenvalue weighted by atomic mass is 16.5. The van der Waals surface area contributed by atoms with Gasteiger partial charge >= 0.3 is 0 Å². The van der Waals surface area contributed by atoms with Crippen LogP contribution in [0.1, 0.15) is 107 Å². The largest absolute Gasteiger partial charge is 0.396 e. The summed E-state index contributed by atoms with van der Waals surface area (Å²) in [5.41, 5.74) is 2.37. The lowest BCUT2D eigenvalue weighted by Gasteiger charge is -2.26. The first-order valence-corrected chi connectivity index (χ1v) is 14.3. The molecule has 2 aliphatic rings. The van der Waals surface area contributed by atoms with Crippen molar-refractivity contribution in [2.45, 2.75) is 112 Å². The number of ketones is 2. The number of methoxy groups -OCH3 is 1. The van der Waals surface area contributed by atoms with Crippen LogP contribution >= 0.6 is 0 Å². The maximum Gasteiger partial charge on any atom is 0.188 e. The highest BCUT2D eigenvalue weighted by Gasteiger charge is 2.28. The van der Waals surface area contributed by atoms with Gasteiger partial charge in [0.25, 0.3) is 0 Å². The SMILES string of the molecule is COC(C)(C)CCCCC1=CC(C)(C)C=C(/C=C\C2=CC(C)(C)C=C(CCCCC(C)(C)CO)C2=O)C1=O. The summed E-state index contributed by atoms with van der Waals surface area (Å²) in [4.78, 5) is 26.7. The molecule has 0 aliphatic heterocycles. The Labute approximate surface area is 232 Å². The van der Waals surface area contributed by atoms with Gasteiger partial charge in [0.15, 0.2) is 11.6 Å². The Bertz CT molecular complexity index is 943. The molecule has 0 aromatic carbocycles. The molecule has 0 amide bonds. The molecule has 0 aromatic heterocycles. The van der Waals surface area contributed by atoms with E-state index in [-0.39, 0.29) is 40.0 Å². The van der Waals surface area contributed by atoms with Crippen molar-refractivity contribution in [3.8, 4) is 0 Å². The highest BCUT2D eigenvalue weighted by molar-refractivity contribution is 6.13. The lowest BCUT2D eigenvalue weighted by molar-refractivity contribution is -0.113. The number of aliphatic hydroxyl groups is 1. The molecule has 0 saturated heterocycles. The monoisotopic (exact) mass is 524 g/mol. The molecule has 0 radical (unpaired) electrons. The quantitative estimate of drug-likeness (QED) is 0.234. The number of hydrogen-bond acceptors (Lipinski definition) is 4. The van der Waals surface area contributed by atoms with Gasteiger partial charge in [-0.2, -0.15) is 0 Å². The van der Waals surface area contributed by atoms with E-state index in [4.69, 9.17) is 4.74 Å². The fraction of sp³-hybridized carbons (Fsp3) is 0.647. The Morgan fingerprint density at radius 3 is 1.55 bits per heavy atom. The van der Waals surface area contributed by atoms with Crippen LogP contribution in [0.15, 0.2) is 58.7 Å². The Balaban J connectivity index is 2.08. The number of ether oxygens (including phenoxy) is 1. The summed E-state index contributed by atoms with van der Waals surface area (Å²) in [6, 6.07) is 0. The van der Waals surface area contributed by atoms with Gasteiger partial charge < -0.3 is 9.84 Å². The van der Waals surface area contributed by atoms with Crippen molar-refractivity contribution in [2.24, 2.45) is 16.2 Å². The second kappa shape index (κ2) is 12.9. The van der Waals surface area contributed by atoms with E-state index in [2.05, 4.69) is 67.5 Å². The number of carbonyl (C=O) groups is 2. The summed E-state index contributed by atoms with van der Waals surface area (Å²) in [6.45, 7) is 17.0. The Hall–Kier alpha value is -2.04. The summed E-state index contributed by atoms with van der Waals surface area (Å²) in [7, 11) is 1.74. The molecule has 0 bridgehead atoms. The summed E-state index contributed by atoms with van der Waals surface area (Å²) < 4.78 is 5.52. The topological polar surface area (TPSA) is 63.6 Å². The van der Waals surface area contributed by atoms with Crippen molar-refractivity contribution in [3.63, 3.8) is 0 Å². The van der Waals surface area contributed by atoms with Gasteiger partial charge in [0.2, 0.25) is 0 Å². The van der Waals surface area contributed by atoms with Crippen molar-refractivity contribution in [3.05, 3.63) is 58.7 Å². The van der Waals surface area contributed by atoms with Gasteiger partial charge in [-0.1, -0.05) is 90.8 Å². The van der Waals surface area contributed by atoms with E-state index >= 15 is 0 Å². The minimum absolute atomic E-state index is 0.0571. The fourth-order valence-electron chi connectivity index (χ4n) is 5.18. The number of carbonyl (C=O) groups excluding carboxylic acids is 2. The van der Waals surface area contributed by atoms with E-state index in [1.54, 1.807) is 7.11 Å². The molecule has 38 heavy (non-hydrogen) atoms. The molecule has 1 N–H and O–H groups in total. The van der Waals surface area contributed by atoms with Crippen molar-refractivity contribution in [1.29, 1.82) is 0 Å². The van der Waals surface area contributed by atoms with E-state index in [1.807, 2.05) is 24.3 Å². The predicted octanol–water partition coefficient (Wildman–Crippen LogP) is 8.03. The lowest BCUT2D eigenvalue weighted by atomic mass is 9.77. The average Bonchev–Trinajstić information content (AvgIpc) is 2.82. The highest BCUT2D eigenvalue weighted by Crippen LogP contribution is 2.35. The number of allylic oxidation sites excluding steroid dienone is 10. The zero-order chi connectivity index (χ0) is 28.8. The van der Waals surface area contributed by atoms with Crippen LogP contribution in [0.25, 0.3) is 0 Å². The van der Waals surface area contributed by atoms with Gasteiger partial charge in [0, 0.05) is 35.7 Å². The van der Waals surface area contributed by atoms with Gasteiger partial charge in [-0.25, -0.2) is 0 Å². The van der Waals surface area contributed by atoms with E-state index in [0.717, 1.165) is 62.5 Å². The molecule has 4 nitrogen and oxygen atoms in total. The lowest BCUT2D eigenvalue weighted by Crippen LogP contribution is -2.22. The van der Waals surface area contributed by atoms with Crippen LogP contribution in [0.3, 0.4) is 0 Å². The van der Waals surface area contributed by atoms with Gasteiger partial charge in [-0.05, 0) is 68.9 Å². The summed E-state index contributed by atoms with van der Waals surface area (Å²) in [6.07, 6.45) is 19.1. The maximum absolute atomic E-state index is 13.3. The maximum atomic E-state index is 13.3. The van der Waals surface area contributed by atoms with Crippen molar-refractivity contribution in [1.82, 2.24) is 0 Å². The number of rotatable bonds is 14. The van der Waals surface area contributed by atoms with Crippen LogP contribution in [0.2, 0.25) is 0 Å². The molecule has 0 spiro atoms. The van der Waals surface area contributed by atoms with Crippen molar-refractivity contribution >= 4 is 11.6 Å². The number of Topliss-reactive ketones (excluding diaryl/α,β-unsaturated/α-hetero) is 2. The van der Waals surface area contributed by atoms with Crippen LogP contribution in [-0.2, 0) is 14.3 Å². The Kier molecular flexibility index (Phi) is 10.9. The van der Waals surface area contributed by atoms with Crippen molar-refractivity contribution < 1.29 is 19.4 Å². The molecule has 0 fully saturated rings. The standard InChI is InChI=1S/C34H52O4/c1-31(2,24-35)18-12-10-14-25-20-32(3,4)22-27(29(25)36)16-17-28-23-33(5,6)21-26(30(28)37)15-11-13-19-34(7,8)38-9/h16-17,20-23,35H,10-15,18-19,24H2,1-9H3/b17-16-. The third kappa shape index (κ3) is 9.93. The van der Waals surface area contributed by atoms with Crippen molar-refractivity contribution in [2.75, 3.05) is 13.7 Å². The molecule has 4 heteroatoms. The predicted molar refractivity (Wildman–Crippen MR) is 158 cm³/mol. The summed E-state index contributed by atoms with van der Waals surface area (Å²) in [5.74, 6) is 0.124. The van der Waals surface area contributed by atoms with E-state index in [1.165, 1.54) is 0 Å². The number of hydrogen-bond donors (Lipinski definition) is 1. The molecule has 2 rings (SSSR count). The minimum atomic E-state index is -0.224. The Morgan fingerprint density at radius 1 is 0.737 bits per heavy atom. The average molecular weight is 525 g/mol. The summed E-state index contributed by atoms with van der Waals surface area (Å²) in [5, 5.41) is 9.50. The first-order valence-electron chi connectivity index (χ1n) is 14.3. The fourth-order valence-corrected chi connectivity index (χ4v) is 5.18. The molecule has 212 valence electrons. The number of aliphatic hydroxyl groups excluding tert-OH is 1. The molecule has 2 aliphatic carbocycles. The zero-order valence-corrected chi connectivity index (χ0v) is 25.5. The third-order valence-corrected chi connectivity index (χ3v) is 7.70. The van der Waals surface area contributed by atoms with Crippen LogP contribution in [0.4, 0.5) is 0 Å². The van der Waals surface area contributed by atoms with Crippen LogP contribution in [0.5, 0.6) is 0 Å². The van der Waals surface area contributed by atoms with Crippen LogP contribution < -0.4 is 0 Å². The molecule has 0 aromatic rings. The molecular weight excluding hydrogens is 472 g/mol. The van der Waals surface area contributed by atoms with Gasteiger partial charge in [0.05, 0.1) is 5.60 Å². The summed E-state index contributed by atoms with van der Waals surface area (Å²) >= 11 is 0. The van der Waals surface area contributed by atoms with Crippen LogP contribution in [-0.4, -0.2) is 36.0 Å². The first kappa shape index (κ1) is 32.2. The minimum Gasteiger partial charge on any atom is -0.396 e. The van der Waals surface area contributed by atoms with Gasteiger partial charge in [-0.3, -0.25) is 9.59 Å². The van der Waals surface area contributed by atoms with E-state index < -0.39 is 0 Å². The molecule has 0 unspecified atom stereocenters. The molecular formula is C34H52O4. The second-order valence-corrected chi connectivity index (χ2v) is 13.9. The molecule has 0 atom stereocenters. The normalized spacial score (nSPS) is 19.8. The second-order valence-electron chi connectivity index (χ2n) is 13.9. The van der Waals surface area contributed by atoms with Crippen LogP contribution in [0, 0.1) is 16.2 Å². The van der Waals surface area contributed by atoms with Gasteiger partial charge in [-0.15, -0.1) is 0 Å². The zero-order valence-electron chi connectivity index (χ0n) is 25.5. The van der Waals surface area contributed by atoms with E-state index in [0.29, 0.717) is 11.1 Å². The molecule has 0 heterocycles. The first-order chi connectivity index (χ1) is 17.5. The Morgan fingerprint density at radius 2 is 1.16 bits per heavy atom. The number of unbranched alkanes of at least 4 members (excludes halogenated alkanes) is 2.